The number of hydrogen-bond acceptors (Lipinski definition) is 5. The Morgan fingerprint density at radius 1 is 1.03 bits per heavy atom. The van der Waals surface area contributed by atoms with Gasteiger partial charge in [-0.2, -0.15) is 17.6 Å². The number of thiocarbonyl (C=S) groups is 1. The van der Waals surface area contributed by atoms with Crippen LogP contribution in [0, 0.1) is 6.92 Å². The largest absolute Gasteiger partial charge is 0.435 e. The molecule has 0 saturated carbocycles. The fourth-order valence-corrected chi connectivity index (χ4v) is 3.82. The first-order chi connectivity index (χ1) is 13.7. The van der Waals surface area contributed by atoms with Gasteiger partial charge in [0.25, 0.3) is 5.91 Å². The number of nitrogens with zero attached hydrogens (tertiary/aromatic N) is 1. The highest BCUT2D eigenvalue weighted by molar-refractivity contribution is 8.27. The van der Waals surface area contributed by atoms with Gasteiger partial charge in [-0.15, -0.1) is 0 Å². The van der Waals surface area contributed by atoms with Crippen molar-refractivity contribution in [2.24, 2.45) is 0 Å². The van der Waals surface area contributed by atoms with Crippen LogP contribution < -0.4 is 14.4 Å². The summed E-state index contributed by atoms with van der Waals surface area (Å²) in [4.78, 5) is 14.3. The Morgan fingerprint density at radius 2 is 1.69 bits per heavy atom. The van der Waals surface area contributed by atoms with E-state index in [1.54, 1.807) is 12.1 Å². The Hall–Kier alpha value is -2.59. The fourth-order valence-electron chi connectivity index (χ4n) is 2.53. The number of ether oxygens (including phenoxy) is 2. The summed E-state index contributed by atoms with van der Waals surface area (Å²) in [5, 5.41) is 0. The van der Waals surface area contributed by atoms with Crippen molar-refractivity contribution in [3.63, 3.8) is 0 Å². The molecule has 1 fully saturated rings. The minimum absolute atomic E-state index is 0.0938. The van der Waals surface area contributed by atoms with Crippen molar-refractivity contribution < 1.29 is 31.8 Å². The maximum Gasteiger partial charge on any atom is 0.387 e. The van der Waals surface area contributed by atoms with Crippen LogP contribution in [0.4, 0.5) is 23.2 Å². The summed E-state index contributed by atoms with van der Waals surface area (Å²) in [6.07, 6.45) is 1.32. The molecule has 3 rings (SSSR count). The van der Waals surface area contributed by atoms with E-state index in [0.717, 1.165) is 29.5 Å². The first kappa shape index (κ1) is 21.1. The molecule has 152 valence electrons. The average molecular weight is 443 g/mol. The van der Waals surface area contributed by atoms with Crippen molar-refractivity contribution in [2.45, 2.75) is 20.1 Å². The number of thioether (sulfide) groups is 1. The highest BCUT2D eigenvalue weighted by Crippen LogP contribution is 2.38. The van der Waals surface area contributed by atoms with E-state index in [1.165, 1.54) is 17.0 Å². The van der Waals surface area contributed by atoms with Crippen molar-refractivity contribution >= 4 is 46.0 Å². The van der Waals surface area contributed by atoms with E-state index in [9.17, 15) is 22.4 Å². The van der Waals surface area contributed by atoms with Crippen LogP contribution in [0.3, 0.4) is 0 Å². The van der Waals surface area contributed by atoms with Crippen LogP contribution in [-0.2, 0) is 4.79 Å². The van der Waals surface area contributed by atoms with Crippen LogP contribution in [0.2, 0.25) is 0 Å². The van der Waals surface area contributed by atoms with Crippen LogP contribution in [0.1, 0.15) is 11.1 Å². The van der Waals surface area contributed by atoms with Gasteiger partial charge in [-0.3, -0.25) is 9.69 Å². The monoisotopic (exact) mass is 443 g/mol. The zero-order valence-electron chi connectivity index (χ0n) is 14.8. The second-order valence-corrected chi connectivity index (χ2v) is 7.49. The van der Waals surface area contributed by atoms with Gasteiger partial charge >= 0.3 is 13.2 Å². The second kappa shape index (κ2) is 8.83. The SMILES string of the molecule is Cc1ccc(N2C(=O)C(=Cc3ccc(OC(F)F)cc3OC(F)F)SC2=S)cc1. The molecule has 2 aromatic rings. The first-order valence-corrected chi connectivity index (χ1v) is 9.35. The summed E-state index contributed by atoms with van der Waals surface area (Å²) in [7, 11) is 0. The molecule has 1 heterocycles. The molecule has 0 N–H and O–H groups in total. The third kappa shape index (κ3) is 5.07. The molecule has 0 atom stereocenters. The molecule has 4 nitrogen and oxygen atoms in total. The smallest absolute Gasteiger partial charge is 0.387 e. The molecular formula is C19H13F4NO3S2. The van der Waals surface area contributed by atoms with Crippen LogP contribution >= 0.6 is 24.0 Å². The van der Waals surface area contributed by atoms with Gasteiger partial charge in [-0.1, -0.05) is 41.7 Å². The van der Waals surface area contributed by atoms with Gasteiger partial charge in [0.2, 0.25) is 0 Å². The standard InChI is InChI=1S/C19H13F4NO3S2/c1-10-2-5-12(6-3-10)24-16(25)15(29-19(24)28)8-11-4-7-13(26-17(20)21)9-14(11)27-18(22)23/h2-9,17-18H,1H3. The molecule has 0 bridgehead atoms. The van der Waals surface area contributed by atoms with Crippen molar-refractivity contribution in [3.8, 4) is 11.5 Å². The predicted molar refractivity (Wildman–Crippen MR) is 107 cm³/mol. The Labute approximate surface area is 173 Å². The molecule has 0 aromatic heterocycles. The topological polar surface area (TPSA) is 38.8 Å². The zero-order chi connectivity index (χ0) is 21.1. The first-order valence-electron chi connectivity index (χ1n) is 8.13. The van der Waals surface area contributed by atoms with Gasteiger partial charge in [-0.05, 0) is 37.3 Å². The lowest BCUT2D eigenvalue weighted by atomic mass is 10.1. The molecule has 1 aliphatic rings. The Balaban J connectivity index is 1.93. The minimum Gasteiger partial charge on any atom is -0.435 e. The molecular weight excluding hydrogens is 430 g/mol. The van der Waals surface area contributed by atoms with Crippen LogP contribution in [-0.4, -0.2) is 23.5 Å². The number of carbonyl (C=O) groups is 1. The third-order valence-corrected chi connectivity index (χ3v) is 5.10. The fraction of sp³-hybridized carbons (Fsp3) is 0.158. The van der Waals surface area contributed by atoms with Crippen LogP contribution in [0.15, 0.2) is 47.4 Å². The quantitative estimate of drug-likeness (QED) is 0.330. The van der Waals surface area contributed by atoms with E-state index in [1.807, 2.05) is 19.1 Å². The molecule has 0 radical (unpaired) electrons. The number of benzene rings is 2. The predicted octanol–water partition coefficient (Wildman–Crippen LogP) is 5.60. The lowest BCUT2D eigenvalue weighted by molar-refractivity contribution is -0.113. The molecule has 10 heteroatoms. The summed E-state index contributed by atoms with van der Waals surface area (Å²) < 4.78 is 59.1. The van der Waals surface area contributed by atoms with E-state index >= 15 is 0 Å². The maximum atomic E-state index is 12.8. The summed E-state index contributed by atoms with van der Waals surface area (Å²) in [5.74, 6) is -1.18. The molecule has 2 aromatic carbocycles. The number of rotatable bonds is 6. The van der Waals surface area contributed by atoms with E-state index in [4.69, 9.17) is 12.2 Å². The molecule has 1 aliphatic heterocycles. The Morgan fingerprint density at radius 3 is 2.31 bits per heavy atom. The average Bonchev–Trinajstić information content (AvgIpc) is 2.91. The summed E-state index contributed by atoms with van der Waals surface area (Å²) in [6.45, 7) is -4.41. The highest BCUT2D eigenvalue weighted by Gasteiger charge is 2.33. The molecule has 0 unspecified atom stereocenters. The normalized spacial score (nSPS) is 15.7. The van der Waals surface area contributed by atoms with Crippen molar-refractivity contribution in [2.75, 3.05) is 4.90 Å². The maximum absolute atomic E-state index is 12.8. The Bertz CT molecular complexity index is 964. The third-order valence-electron chi connectivity index (χ3n) is 3.80. The van der Waals surface area contributed by atoms with Crippen molar-refractivity contribution in [1.29, 1.82) is 0 Å². The Kier molecular flexibility index (Phi) is 6.43. The van der Waals surface area contributed by atoms with Gasteiger partial charge in [0.05, 0.1) is 10.6 Å². The molecule has 1 amide bonds. The van der Waals surface area contributed by atoms with Crippen LogP contribution in [0.5, 0.6) is 11.5 Å². The lowest BCUT2D eigenvalue weighted by Crippen LogP contribution is -2.27. The zero-order valence-corrected chi connectivity index (χ0v) is 16.4. The number of hydrogen-bond donors (Lipinski definition) is 0. The minimum atomic E-state index is -3.19. The summed E-state index contributed by atoms with van der Waals surface area (Å²) in [5.41, 5.74) is 1.68. The van der Waals surface area contributed by atoms with Crippen molar-refractivity contribution in [3.05, 3.63) is 58.5 Å². The van der Waals surface area contributed by atoms with Gasteiger partial charge < -0.3 is 9.47 Å². The van der Waals surface area contributed by atoms with E-state index in [2.05, 4.69) is 9.47 Å². The number of alkyl halides is 4. The molecule has 1 saturated heterocycles. The second-order valence-electron chi connectivity index (χ2n) is 5.81. The number of halogens is 4. The summed E-state index contributed by atoms with van der Waals surface area (Å²) in [6, 6.07) is 10.5. The lowest BCUT2D eigenvalue weighted by Gasteiger charge is -2.14. The highest BCUT2D eigenvalue weighted by atomic mass is 32.2. The van der Waals surface area contributed by atoms with E-state index in [0.29, 0.717) is 5.69 Å². The number of anilines is 1. The van der Waals surface area contributed by atoms with Crippen molar-refractivity contribution in [1.82, 2.24) is 0 Å². The van der Waals surface area contributed by atoms with Gasteiger partial charge in [0, 0.05) is 11.6 Å². The summed E-state index contributed by atoms with van der Waals surface area (Å²) >= 11 is 6.26. The molecule has 29 heavy (non-hydrogen) atoms. The van der Waals surface area contributed by atoms with Gasteiger partial charge in [0.15, 0.2) is 4.32 Å². The van der Waals surface area contributed by atoms with Crippen LogP contribution in [0.25, 0.3) is 6.08 Å². The van der Waals surface area contributed by atoms with Gasteiger partial charge in [0.1, 0.15) is 11.5 Å². The van der Waals surface area contributed by atoms with Gasteiger partial charge in [-0.25, -0.2) is 0 Å². The van der Waals surface area contributed by atoms with E-state index < -0.39 is 24.9 Å². The molecule has 0 spiro atoms. The number of carbonyl (C=O) groups excluding carboxylic acids is 1. The van der Waals surface area contributed by atoms with E-state index in [-0.39, 0.29) is 20.5 Å². The number of aryl methyl sites for hydroxylation is 1. The molecule has 0 aliphatic carbocycles. The number of amides is 1.